The summed E-state index contributed by atoms with van der Waals surface area (Å²) in [5.41, 5.74) is 0.219. The zero-order valence-electron chi connectivity index (χ0n) is 11.2. The van der Waals surface area contributed by atoms with Crippen LogP contribution in [0, 0.1) is 0 Å². The van der Waals surface area contributed by atoms with Crippen LogP contribution in [0.2, 0.25) is 0 Å². The summed E-state index contributed by atoms with van der Waals surface area (Å²) in [5, 5.41) is 4.20. The molecule has 2 heterocycles. The van der Waals surface area contributed by atoms with E-state index in [-0.39, 0.29) is 23.4 Å². The quantitative estimate of drug-likeness (QED) is 0.793. The van der Waals surface area contributed by atoms with Crippen LogP contribution < -0.4 is 0 Å². The molecule has 7 nitrogen and oxygen atoms in total. The van der Waals surface area contributed by atoms with Gasteiger partial charge < -0.3 is 4.84 Å². The SMILES string of the molecule is O=C(ON1C(=O)c2ccccc2C1=O)c1ccn(CCF)n1. The van der Waals surface area contributed by atoms with E-state index >= 15 is 0 Å². The number of nitrogens with zero attached hydrogens (tertiary/aromatic N) is 3. The van der Waals surface area contributed by atoms with Gasteiger partial charge in [-0.1, -0.05) is 17.2 Å². The highest BCUT2D eigenvalue weighted by atomic mass is 19.1. The molecule has 0 radical (unpaired) electrons. The van der Waals surface area contributed by atoms with Crippen LogP contribution in [0.15, 0.2) is 36.5 Å². The van der Waals surface area contributed by atoms with Gasteiger partial charge in [0.15, 0.2) is 5.69 Å². The summed E-state index contributed by atoms with van der Waals surface area (Å²) in [6.45, 7) is -0.630. The first-order valence-electron chi connectivity index (χ1n) is 6.41. The van der Waals surface area contributed by atoms with Crippen LogP contribution in [-0.2, 0) is 11.4 Å². The van der Waals surface area contributed by atoms with E-state index in [2.05, 4.69) is 5.10 Å². The van der Waals surface area contributed by atoms with Crippen molar-refractivity contribution in [2.75, 3.05) is 6.67 Å². The van der Waals surface area contributed by atoms with Gasteiger partial charge in [0.05, 0.1) is 17.7 Å². The zero-order chi connectivity index (χ0) is 15.7. The fourth-order valence-electron chi connectivity index (χ4n) is 2.06. The Morgan fingerprint density at radius 1 is 1.14 bits per heavy atom. The van der Waals surface area contributed by atoms with Crippen molar-refractivity contribution in [2.24, 2.45) is 0 Å². The lowest BCUT2D eigenvalue weighted by Crippen LogP contribution is -2.32. The molecule has 0 aliphatic carbocycles. The predicted molar refractivity (Wildman–Crippen MR) is 70.6 cm³/mol. The first kappa shape index (κ1) is 13.9. The minimum absolute atomic E-state index is 0.000294. The van der Waals surface area contributed by atoms with Crippen molar-refractivity contribution in [3.63, 3.8) is 0 Å². The third kappa shape index (κ3) is 2.24. The Morgan fingerprint density at radius 2 is 1.77 bits per heavy atom. The molecule has 8 heteroatoms. The molecule has 0 bridgehead atoms. The highest BCUT2D eigenvalue weighted by molar-refractivity contribution is 6.21. The summed E-state index contributed by atoms with van der Waals surface area (Å²) in [6.07, 6.45) is 1.40. The lowest BCUT2D eigenvalue weighted by molar-refractivity contribution is -0.0589. The molecule has 2 aromatic rings. The van der Waals surface area contributed by atoms with Crippen LogP contribution in [0.5, 0.6) is 0 Å². The van der Waals surface area contributed by atoms with Crippen molar-refractivity contribution in [2.45, 2.75) is 6.54 Å². The van der Waals surface area contributed by atoms with Gasteiger partial charge in [-0.3, -0.25) is 14.3 Å². The molecule has 0 atom stereocenters. The highest BCUT2D eigenvalue weighted by Crippen LogP contribution is 2.23. The average molecular weight is 303 g/mol. The lowest BCUT2D eigenvalue weighted by Gasteiger charge is -2.11. The van der Waals surface area contributed by atoms with Crippen LogP contribution in [-0.4, -0.2) is 39.3 Å². The van der Waals surface area contributed by atoms with Gasteiger partial charge in [0, 0.05) is 6.20 Å². The van der Waals surface area contributed by atoms with E-state index in [9.17, 15) is 18.8 Å². The van der Waals surface area contributed by atoms with Gasteiger partial charge in [0.1, 0.15) is 6.67 Å². The third-order valence-electron chi connectivity index (χ3n) is 3.09. The molecule has 0 fully saturated rings. The van der Waals surface area contributed by atoms with E-state index < -0.39 is 24.5 Å². The van der Waals surface area contributed by atoms with Crippen molar-refractivity contribution in [1.29, 1.82) is 0 Å². The highest BCUT2D eigenvalue weighted by Gasteiger charge is 2.39. The Balaban J connectivity index is 1.77. The maximum absolute atomic E-state index is 12.2. The minimum Gasteiger partial charge on any atom is -0.322 e. The number of aryl methyl sites for hydroxylation is 1. The summed E-state index contributed by atoms with van der Waals surface area (Å²) in [5.74, 6) is -2.39. The van der Waals surface area contributed by atoms with Gasteiger partial charge >= 0.3 is 5.97 Å². The molecule has 0 saturated carbocycles. The zero-order valence-corrected chi connectivity index (χ0v) is 11.2. The smallest absolute Gasteiger partial charge is 0.322 e. The van der Waals surface area contributed by atoms with Gasteiger partial charge in [-0.2, -0.15) is 5.10 Å². The molecule has 0 saturated heterocycles. The predicted octanol–water partition coefficient (Wildman–Crippen LogP) is 1.22. The second-order valence-electron chi connectivity index (χ2n) is 4.48. The molecule has 0 unspecified atom stereocenters. The van der Waals surface area contributed by atoms with Crippen LogP contribution in [0.3, 0.4) is 0 Å². The number of hydrogen-bond acceptors (Lipinski definition) is 5. The molecule has 0 N–H and O–H groups in total. The second kappa shape index (κ2) is 5.40. The van der Waals surface area contributed by atoms with Crippen LogP contribution in [0.1, 0.15) is 31.2 Å². The standard InChI is InChI=1S/C14H10FN3O4/c15-6-8-17-7-5-11(16-17)14(21)22-18-12(19)9-3-1-2-4-10(9)13(18)20/h1-5,7H,6,8H2. The molecule has 1 aliphatic heterocycles. The van der Waals surface area contributed by atoms with Gasteiger partial charge in [0.25, 0.3) is 11.8 Å². The Kier molecular flexibility index (Phi) is 3.42. The van der Waals surface area contributed by atoms with Gasteiger partial charge in [-0.05, 0) is 18.2 Å². The lowest BCUT2D eigenvalue weighted by atomic mass is 10.1. The first-order valence-corrected chi connectivity index (χ1v) is 6.41. The monoisotopic (exact) mass is 303 g/mol. The number of hydroxylamine groups is 2. The topological polar surface area (TPSA) is 81.5 Å². The third-order valence-corrected chi connectivity index (χ3v) is 3.09. The first-order chi connectivity index (χ1) is 10.6. The number of amides is 2. The Bertz CT molecular complexity index is 736. The molecule has 2 amide bonds. The van der Waals surface area contributed by atoms with Crippen molar-refractivity contribution < 1.29 is 23.6 Å². The second-order valence-corrected chi connectivity index (χ2v) is 4.48. The molecule has 3 rings (SSSR count). The summed E-state index contributed by atoms with van der Waals surface area (Å²) in [6, 6.07) is 7.47. The number of benzene rings is 1. The van der Waals surface area contributed by atoms with E-state index in [1.807, 2.05) is 0 Å². The molecule has 1 aromatic carbocycles. The van der Waals surface area contributed by atoms with Crippen LogP contribution in [0.4, 0.5) is 4.39 Å². The summed E-state index contributed by atoms with van der Waals surface area (Å²) >= 11 is 0. The molecule has 1 aliphatic rings. The van der Waals surface area contributed by atoms with Gasteiger partial charge in [-0.25, -0.2) is 9.18 Å². The Hall–Kier alpha value is -3.03. The fourth-order valence-corrected chi connectivity index (χ4v) is 2.06. The summed E-state index contributed by atoms with van der Waals surface area (Å²) in [7, 11) is 0. The van der Waals surface area contributed by atoms with Gasteiger partial charge in [-0.15, -0.1) is 0 Å². The Morgan fingerprint density at radius 3 is 2.36 bits per heavy atom. The number of carbonyl (C=O) groups excluding carboxylic acids is 3. The number of imide groups is 1. The summed E-state index contributed by atoms with van der Waals surface area (Å²) < 4.78 is 13.4. The molecular weight excluding hydrogens is 293 g/mol. The van der Waals surface area contributed by atoms with Crippen molar-refractivity contribution in [1.82, 2.24) is 14.8 Å². The average Bonchev–Trinajstić information content (AvgIpc) is 3.08. The largest absolute Gasteiger partial charge is 0.384 e. The van der Waals surface area contributed by atoms with E-state index in [0.717, 1.165) is 0 Å². The number of alkyl halides is 1. The van der Waals surface area contributed by atoms with Crippen LogP contribution in [0.25, 0.3) is 0 Å². The minimum atomic E-state index is -0.966. The normalized spacial score (nSPS) is 13.4. The van der Waals surface area contributed by atoms with Crippen molar-refractivity contribution in [3.8, 4) is 0 Å². The maximum atomic E-state index is 12.2. The molecule has 0 spiro atoms. The summed E-state index contributed by atoms with van der Waals surface area (Å²) in [4.78, 5) is 40.8. The van der Waals surface area contributed by atoms with E-state index in [0.29, 0.717) is 5.06 Å². The number of aromatic nitrogens is 2. The maximum Gasteiger partial charge on any atom is 0.384 e. The van der Waals surface area contributed by atoms with Gasteiger partial charge in [0.2, 0.25) is 0 Å². The van der Waals surface area contributed by atoms with E-state index in [1.165, 1.54) is 29.1 Å². The van der Waals surface area contributed by atoms with E-state index in [1.54, 1.807) is 12.1 Å². The Labute approximate surface area is 123 Å². The number of rotatable bonds is 4. The number of hydrogen-bond donors (Lipinski definition) is 0. The molecular formula is C14H10FN3O4. The number of halogens is 1. The fraction of sp³-hybridized carbons (Fsp3) is 0.143. The van der Waals surface area contributed by atoms with Crippen LogP contribution >= 0.6 is 0 Å². The molecule has 1 aromatic heterocycles. The molecule has 112 valence electrons. The molecule has 22 heavy (non-hydrogen) atoms. The van der Waals surface area contributed by atoms with Crippen molar-refractivity contribution in [3.05, 3.63) is 53.3 Å². The van der Waals surface area contributed by atoms with E-state index in [4.69, 9.17) is 4.84 Å². The van der Waals surface area contributed by atoms with Crippen molar-refractivity contribution >= 4 is 17.8 Å². The number of fused-ring (bicyclic) bond motifs is 1. The number of carbonyl (C=O) groups is 3.